The molecule has 0 fully saturated rings. The summed E-state index contributed by atoms with van der Waals surface area (Å²) in [5, 5.41) is 5.79. The second-order valence-electron chi connectivity index (χ2n) is 7.36. The monoisotopic (exact) mass is 550 g/mol. The number of urea groups is 1. The Morgan fingerprint density at radius 3 is 2.71 bits per heavy atom. The van der Waals surface area contributed by atoms with Crippen LogP contribution in [0, 0.1) is 0 Å². The van der Waals surface area contributed by atoms with Gasteiger partial charge in [-0.3, -0.25) is 0 Å². The number of hydroxylamine groups is 1. The highest BCUT2D eigenvalue weighted by Crippen LogP contribution is 2.32. The van der Waals surface area contributed by atoms with Crippen LogP contribution >= 0.6 is 27.5 Å². The molecule has 34 heavy (non-hydrogen) atoms. The molecule has 182 valence electrons. The lowest BCUT2D eigenvalue weighted by Gasteiger charge is -2.23. The lowest BCUT2D eigenvalue weighted by Crippen LogP contribution is -2.43. The average molecular weight is 552 g/mol. The summed E-state index contributed by atoms with van der Waals surface area (Å²) in [6.45, 7) is 2.91. The van der Waals surface area contributed by atoms with Crippen LogP contribution in [0.4, 0.5) is 10.5 Å². The number of nitrogens with zero attached hydrogens (tertiary/aromatic N) is 3. The summed E-state index contributed by atoms with van der Waals surface area (Å²) in [5.74, 6) is 0.745. The molecular weight excluding hydrogens is 524 g/mol. The fourth-order valence-electron chi connectivity index (χ4n) is 3.06. The molecule has 0 aliphatic rings. The van der Waals surface area contributed by atoms with Crippen LogP contribution in [0.25, 0.3) is 10.9 Å². The van der Waals surface area contributed by atoms with E-state index in [4.69, 9.17) is 25.9 Å². The Balaban J connectivity index is 1.98. The number of carbonyl (C=O) groups is 1. The molecule has 0 saturated carbocycles. The van der Waals surface area contributed by atoms with Crippen molar-refractivity contribution in [1.82, 2.24) is 15.3 Å². The van der Waals surface area contributed by atoms with Crippen LogP contribution in [0.15, 0.2) is 42.5 Å². The molecule has 0 aliphatic heterocycles. The van der Waals surface area contributed by atoms with Crippen LogP contribution in [-0.2, 0) is 0 Å². The highest BCUT2D eigenvalue weighted by molar-refractivity contribution is 9.09. The Hall–Kier alpha value is -2.78. The number of ether oxygens (including phenoxy) is 2. The predicted molar refractivity (Wildman–Crippen MR) is 137 cm³/mol. The highest BCUT2D eigenvalue weighted by atomic mass is 79.9. The summed E-state index contributed by atoms with van der Waals surface area (Å²) in [5.41, 5.74) is 0.971. The minimum Gasteiger partial charge on any atom is -0.497 e. The van der Waals surface area contributed by atoms with Crippen LogP contribution in [0.3, 0.4) is 0 Å². The first-order valence-corrected chi connectivity index (χ1v) is 12.6. The number of para-hydroxylation sites is 1. The molecule has 1 aromatic heterocycles. The van der Waals surface area contributed by atoms with Gasteiger partial charge in [-0.25, -0.2) is 4.79 Å². The van der Waals surface area contributed by atoms with E-state index in [1.807, 2.05) is 6.92 Å². The quantitative estimate of drug-likeness (QED) is 0.165. The van der Waals surface area contributed by atoms with Gasteiger partial charge in [0.25, 0.3) is 5.88 Å². The van der Waals surface area contributed by atoms with Gasteiger partial charge in [-0.05, 0) is 56.0 Å². The van der Waals surface area contributed by atoms with E-state index in [9.17, 15) is 4.79 Å². The van der Waals surface area contributed by atoms with Crippen molar-refractivity contribution in [3.05, 3.63) is 47.5 Å². The fraction of sp³-hybridized carbons (Fsp3) is 0.375. The summed E-state index contributed by atoms with van der Waals surface area (Å²) in [6.07, 6.45) is 3.73. The van der Waals surface area contributed by atoms with Gasteiger partial charge in [-0.1, -0.05) is 46.6 Å². The Labute approximate surface area is 212 Å². The second kappa shape index (κ2) is 13.2. The van der Waals surface area contributed by atoms with Crippen LogP contribution in [0.5, 0.6) is 17.6 Å². The molecule has 8 nitrogen and oxygen atoms in total. The smallest absolute Gasteiger partial charge is 0.355 e. The number of hydrogen-bond donors (Lipinski definition) is 1. The second-order valence-corrected chi connectivity index (χ2v) is 8.56. The number of halogens is 2. The van der Waals surface area contributed by atoms with Crippen molar-refractivity contribution in [1.29, 1.82) is 0 Å². The topological polar surface area (TPSA) is 85.8 Å². The van der Waals surface area contributed by atoms with Crippen molar-refractivity contribution in [2.24, 2.45) is 0 Å². The number of unbranched alkanes of at least 4 members (excludes halogenated alkanes) is 2. The molecular formula is C24H28BrClN4O4. The van der Waals surface area contributed by atoms with Gasteiger partial charge in [0, 0.05) is 11.9 Å². The number of benzene rings is 2. The standard InChI is InChI=1S/C24H28BrClN4O4/c1-3-14-27-24(31)30(21-10-6-5-9-19(21)26)34-22-18-16-17(32-2)11-12-20(18)28-23(29-22)33-15-8-4-7-13-25/h5-6,9-12,16H,3-4,7-8,13-15H2,1-2H3,(H,27,31). The zero-order chi connectivity index (χ0) is 24.3. The molecule has 0 unspecified atom stereocenters. The maximum absolute atomic E-state index is 13.0. The summed E-state index contributed by atoms with van der Waals surface area (Å²) in [6, 6.07) is 12.0. The van der Waals surface area contributed by atoms with Gasteiger partial charge in [0.15, 0.2) is 0 Å². The van der Waals surface area contributed by atoms with E-state index >= 15 is 0 Å². The fourth-order valence-corrected chi connectivity index (χ4v) is 3.67. The SMILES string of the molecule is CCCNC(=O)N(Oc1nc(OCCCCCBr)nc2ccc(OC)cc12)c1ccccc1Cl. The number of methoxy groups -OCH3 is 1. The number of hydrogen-bond acceptors (Lipinski definition) is 6. The number of carbonyl (C=O) groups excluding carboxylic acids is 1. The number of aromatic nitrogens is 2. The largest absolute Gasteiger partial charge is 0.497 e. The number of alkyl halides is 1. The van der Waals surface area contributed by atoms with Crippen molar-refractivity contribution in [2.45, 2.75) is 32.6 Å². The molecule has 3 aromatic rings. The lowest BCUT2D eigenvalue weighted by molar-refractivity contribution is 0.209. The molecule has 0 saturated heterocycles. The third-order valence-electron chi connectivity index (χ3n) is 4.82. The van der Waals surface area contributed by atoms with Gasteiger partial charge < -0.3 is 19.6 Å². The summed E-state index contributed by atoms with van der Waals surface area (Å²) in [4.78, 5) is 28.1. The zero-order valence-corrected chi connectivity index (χ0v) is 21.6. The number of rotatable bonds is 12. The Kier molecular flexibility index (Phi) is 10.0. The van der Waals surface area contributed by atoms with Crippen molar-refractivity contribution in [3.63, 3.8) is 0 Å². The van der Waals surface area contributed by atoms with E-state index in [0.717, 1.165) is 36.1 Å². The van der Waals surface area contributed by atoms with E-state index in [-0.39, 0.29) is 11.9 Å². The molecule has 0 spiro atoms. The van der Waals surface area contributed by atoms with Gasteiger partial charge in [0.2, 0.25) is 0 Å². The Bertz CT molecular complexity index is 1100. The average Bonchev–Trinajstić information content (AvgIpc) is 2.85. The van der Waals surface area contributed by atoms with Crippen LogP contribution < -0.4 is 24.7 Å². The van der Waals surface area contributed by atoms with Crippen LogP contribution in [-0.4, -0.2) is 41.6 Å². The molecule has 0 bridgehead atoms. The van der Waals surface area contributed by atoms with Crippen LogP contribution in [0.2, 0.25) is 5.02 Å². The summed E-state index contributed by atoms with van der Waals surface area (Å²) >= 11 is 9.82. The van der Waals surface area contributed by atoms with E-state index < -0.39 is 6.03 Å². The lowest BCUT2D eigenvalue weighted by atomic mass is 10.2. The molecule has 0 atom stereocenters. The molecule has 2 amide bonds. The van der Waals surface area contributed by atoms with E-state index in [1.165, 1.54) is 0 Å². The number of amides is 2. The summed E-state index contributed by atoms with van der Waals surface area (Å²) < 4.78 is 11.2. The van der Waals surface area contributed by atoms with Crippen molar-refractivity contribution < 1.29 is 19.1 Å². The molecule has 10 heteroatoms. The normalized spacial score (nSPS) is 10.7. The maximum atomic E-state index is 13.0. The van der Waals surface area contributed by atoms with Gasteiger partial charge in [0.05, 0.1) is 29.6 Å². The molecule has 2 aromatic carbocycles. The van der Waals surface area contributed by atoms with Gasteiger partial charge in [0.1, 0.15) is 11.4 Å². The minimum absolute atomic E-state index is 0.144. The van der Waals surface area contributed by atoms with Crippen molar-refractivity contribution in [2.75, 3.05) is 30.7 Å². The van der Waals surface area contributed by atoms with Gasteiger partial charge in [-0.2, -0.15) is 9.97 Å². The third kappa shape index (κ3) is 6.87. The summed E-state index contributed by atoms with van der Waals surface area (Å²) in [7, 11) is 1.57. The van der Waals surface area contributed by atoms with Crippen molar-refractivity contribution in [3.8, 4) is 17.6 Å². The number of fused-ring (bicyclic) bond motifs is 1. The molecule has 1 N–H and O–H groups in total. The zero-order valence-electron chi connectivity index (χ0n) is 19.2. The molecule has 0 radical (unpaired) electrons. The minimum atomic E-state index is -0.471. The van der Waals surface area contributed by atoms with E-state index in [0.29, 0.717) is 40.5 Å². The van der Waals surface area contributed by atoms with Crippen LogP contribution in [0.1, 0.15) is 32.6 Å². The number of nitrogens with one attached hydrogen (secondary N) is 1. The molecule has 0 aliphatic carbocycles. The highest BCUT2D eigenvalue weighted by Gasteiger charge is 2.23. The Morgan fingerprint density at radius 2 is 1.97 bits per heavy atom. The van der Waals surface area contributed by atoms with Gasteiger partial charge >= 0.3 is 12.0 Å². The van der Waals surface area contributed by atoms with E-state index in [1.54, 1.807) is 49.6 Å². The third-order valence-corrected chi connectivity index (χ3v) is 5.70. The predicted octanol–water partition coefficient (Wildman–Crippen LogP) is 6.16. The van der Waals surface area contributed by atoms with Gasteiger partial charge in [-0.15, -0.1) is 5.06 Å². The van der Waals surface area contributed by atoms with E-state index in [2.05, 4.69) is 31.2 Å². The maximum Gasteiger partial charge on any atom is 0.355 e. The first kappa shape index (κ1) is 25.8. The molecule has 1 heterocycles. The van der Waals surface area contributed by atoms with Crippen molar-refractivity contribution >= 4 is 50.2 Å². The number of anilines is 1. The Morgan fingerprint density at radius 1 is 1.15 bits per heavy atom. The first-order valence-electron chi connectivity index (χ1n) is 11.1. The molecule has 3 rings (SSSR count). The first-order chi connectivity index (χ1) is 16.6.